The summed E-state index contributed by atoms with van der Waals surface area (Å²) in [5.41, 5.74) is 1.81. The Morgan fingerprint density at radius 1 is 1.00 bits per heavy atom. The van der Waals surface area contributed by atoms with Gasteiger partial charge in [0.25, 0.3) is 11.7 Å². The fourth-order valence-electron chi connectivity index (χ4n) is 4.21. The van der Waals surface area contributed by atoms with Gasteiger partial charge in [0.15, 0.2) is 0 Å². The Morgan fingerprint density at radius 2 is 1.65 bits per heavy atom. The molecule has 2 aromatic carbocycles. The highest BCUT2D eigenvalue weighted by atomic mass is 16.5. The second-order valence-electron chi connectivity index (χ2n) is 8.44. The van der Waals surface area contributed by atoms with E-state index in [1.807, 2.05) is 25.9 Å². The van der Waals surface area contributed by atoms with Crippen molar-refractivity contribution in [2.45, 2.75) is 19.4 Å². The number of rotatable bonds is 9. The van der Waals surface area contributed by atoms with Crippen LogP contribution in [0.3, 0.4) is 0 Å². The first-order chi connectivity index (χ1) is 16.2. The van der Waals surface area contributed by atoms with Gasteiger partial charge in [0.05, 0.1) is 32.9 Å². The minimum atomic E-state index is -0.801. The first-order valence-electron chi connectivity index (χ1n) is 11.0. The molecule has 0 unspecified atom stereocenters. The number of methoxy groups -OCH3 is 3. The molecule has 0 aliphatic carbocycles. The van der Waals surface area contributed by atoms with Crippen LogP contribution >= 0.6 is 0 Å². The fraction of sp³-hybridized carbons (Fsp3) is 0.385. The summed E-state index contributed by atoms with van der Waals surface area (Å²) < 4.78 is 16.2. The summed E-state index contributed by atoms with van der Waals surface area (Å²) >= 11 is 0. The molecule has 1 amide bonds. The summed E-state index contributed by atoms with van der Waals surface area (Å²) in [6, 6.07) is 9.57. The number of ether oxygens (including phenoxy) is 3. The van der Waals surface area contributed by atoms with Crippen LogP contribution < -0.4 is 14.2 Å². The van der Waals surface area contributed by atoms with Gasteiger partial charge in [-0.3, -0.25) is 9.59 Å². The molecule has 1 fully saturated rings. The van der Waals surface area contributed by atoms with Crippen molar-refractivity contribution in [1.82, 2.24) is 9.80 Å². The van der Waals surface area contributed by atoms with Crippen LogP contribution in [0.4, 0.5) is 0 Å². The molecule has 1 aliphatic heterocycles. The highest BCUT2D eigenvalue weighted by molar-refractivity contribution is 6.46. The van der Waals surface area contributed by atoms with Gasteiger partial charge in [-0.2, -0.15) is 0 Å². The maximum absolute atomic E-state index is 13.3. The van der Waals surface area contributed by atoms with Gasteiger partial charge in [-0.15, -0.1) is 0 Å². The number of aliphatic hydroxyl groups excluding tert-OH is 1. The average Bonchev–Trinajstić information content (AvgIpc) is 3.07. The smallest absolute Gasteiger partial charge is 0.295 e. The Bertz CT molecular complexity index is 1110. The number of ketones is 1. The molecular weight excluding hydrogens is 436 g/mol. The zero-order valence-electron chi connectivity index (χ0n) is 20.5. The van der Waals surface area contributed by atoms with Gasteiger partial charge in [-0.1, -0.05) is 0 Å². The number of carbonyl (C=O) groups excluding carboxylic acids is 2. The number of likely N-dealkylation sites (tertiary alicyclic amines) is 1. The third-order valence-corrected chi connectivity index (χ3v) is 5.97. The summed E-state index contributed by atoms with van der Waals surface area (Å²) in [5.74, 6) is 0.0789. The van der Waals surface area contributed by atoms with E-state index in [2.05, 4.69) is 0 Å². The van der Waals surface area contributed by atoms with Crippen molar-refractivity contribution in [2.75, 3.05) is 48.5 Å². The number of amides is 1. The van der Waals surface area contributed by atoms with Gasteiger partial charge in [0.1, 0.15) is 23.0 Å². The maximum Gasteiger partial charge on any atom is 0.295 e. The SMILES string of the molecule is COc1ccc(/C(O)=C2\C(=O)C(=O)N(CCCN(C)C)[C@@H]2c2ccc(OC)cc2OC)c(C)c1. The van der Waals surface area contributed by atoms with E-state index in [1.54, 1.807) is 50.6 Å². The molecule has 1 heterocycles. The van der Waals surface area contributed by atoms with Crippen molar-refractivity contribution in [2.24, 2.45) is 0 Å². The van der Waals surface area contributed by atoms with Gasteiger partial charge in [-0.25, -0.2) is 0 Å². The van der Waals surface area contributed by atoms with Crippen molar-refractivity contribution in [3.05, 3.63) is 58.7 Å². The van der Waals surface area contributed by atoms with Crippen LogP contribution in [0.15, 0.2) is 42.0 Å². The second-order valence-corrected chi connectivity index (χ2v) is 8.44. The Kier molecular flexibility index (Phi) is 7.83. The number of carbonyl (C=O) groups is 2. The lowest BCUT2D eigenvalue weighted by atomic mass is 9.93. The molecule has 182 valence electrons. The Labute approximate surface area is 200 Å². The molecule has 0 bridgehead atoms. The molecule has 1 saturated heterocycles. The van der Waals surface area contributed by atoms with Crippen LogP contribution in [0.25, 0.3) is 5.76 Å². The van der Waals surface area contributed by atoms with Crippen LogP contribution in [-0.4, -0.2) is 75.1 Å². The zero-order valence-corrected chi connectivity index (χ0v) is 20.5. The Balaban J connectivity index is 2.19. The number of Topliss-reactive ketones (excluding diaryl/α,β-unsaturated/α-hetero) is 1. The molecule has 1 aliphatic rings. The number of hydrogen-bond donors (Lipinski definition) is 1. The predicted octanol–water partition coefficient (Wildman–Crippen LogP) is 3.39. The van der Waals surface area contributed by atoms with Gasteiger partial charge < -0.3 is 29.1 Å². The predicted molar refractivity (Wildman–Crippen MR) is 129 cm³/mol. The van der Waals surface area contributed by atoms with Gasteiger partial charge in [0, 0.05) is 23.7 Å². The minimum Gasteiger partial charge on any atom is -0.507 e. The van der Waals surface area contributed by atoms with E-state index in [4.69, 9.17) is 14.2 Å². The molecule has 8 nitrogen and oxygen atoms in total. The second kappa shape index (κ2) is 10.6. The molecule has 1 atom stereocenters. The van der Waals surface area contributed by atoms with E-state index in [0.717, 1.165) is 12.1 Å². The lowest BCUT2D eigenvalue weighted by Crippen LogP contribution is -2.32. The van der Waals surface area contributed by atoms with Crippen LogP contribution in [0.5, 0.6) is 17.2 Å². The topological polar surface area (TPSA) is 88.5 Å². The van der Waals surface area contributed by atoms with Crippen molar-refractivity contribution in [1.29, 1.82) is 0 Å². The number of hydrogen-bond acceptors (Lipinski definition) is 7. The Hall–Kier alpha value is -3.52. The monoisotopic (exact) mass is 468 g/mol. The Morgan fingerprint density at radius 3 is 2.24 bits per heavy atom. The summed E-state index contributed by atoms with van der Waals surface area (Å²) in [7, 11) is 8.52. The van der Waals surface area contributed by atoms with Crippen LogP contribution in [0, 0.1) is 6.92 Å². The van der Waals surface area contributed by atoms with E-state index in [-0.39, 0.29) is 11.3 Å². The molecule has 2 aromatic rings. The lowest BCUT2D eigenvalue weighted by molar-refractivity contribution is -0.140. The number of aryl methyl sites for hydroxylation is 1. The number of benzene rings is 2. The van der Waals surface area contributed by atoms with Crippen molar-refractivity contribution in [3.63, 3.8) is 0 Å². The van der Waals surface area contributed by atoms with Crippen molar-refractivity contribution < 1.29 is 28.9 Å². The highest BCUT2D eigenvalue weighted by Gasteiger charge is 2.47. The molecular formula is C26H32N2O6. The summed E-state index contributed by atoms with van der Waals surface area (Å²) in [6.45, 7) is 2.90. The third-order valence-electron chi connectivity index (χ3n) is 5.97. The van der Waals surface area contributed by atoms with Crippen molar-refractivity contribution >= 4 is 17.4 Å². The van der Waals surface area contributed by atoms with E-state index < -0.39 is 17.7 Å². The molecule has 0 radical (unpaired) electrons. The van der Waals surface area contributed by atoms with E-state index in [9.17, 15) is 14.7 Å². The molecule has 0 aromatic heterocycles. The van der Waals surface area contributed by atoms with Crippen LogP contribution in [-0.2, 0) is 9.59 Å². The highest BCUT2D eigenvalue weighted by Crippen LogP contribution is 2.44. The van der Waals surface area contributed by atoms with Crippen molar-refractivity contribution in [3.8, 4) is 17.2 Å². The van der Waals surface area contributed by atoms with E-state index in [0.29, 0.717) is 41.3 Å². The maximum atomic E-state index is 13.3. The van der Waals surface area contributed by atoms with Gasteiger partial charge >= 0.3 is 0 Å². The van der Waals surface area contributed by atoms with Gasteiger partial charge in [-0.05, 0) is 69.9 Å². The summed E-state index contributed by atoms with van der Waals surface area (Å²) in [4.78, 5) is 29.9. The number of nitrogens with zero attached hydrogens (tertiary/aromatic N) is 2. The number of aliphatic hydroxyl groups is 1. The fourth-order valence-corrected chi connectivity index (χ4v) is 4.21. The molecule has 34 heavy (non-hydrogen) atoms. The third kappa shape index (κ3) is 4.87. The van der Waals surface area contributed by atoms with E-state index in [1.165, 1.54) is 12.0 Å². The zero-order chi connectivity index (χ0) is 25.0. The molecule has 0 saturated carbocycles. The standard InChI is InChI=1S/C26H32N2O6/c1-16-14-17(32-4)8-10-19(16)24(29)22-23(20-11-9-18(33-5)15-21(20)34-6)28(26(31)25(22)30)13-7-12-27(2)3/h8-11,14-15,23,29H,7,12-13H2,1-6H3/b24-22+/t23-/m1/s1. The molecule has 8 heteroatoms. The average molecular weight is 469 g/mol. The molecule has 3 rings (SSSR count). The normalized spacial score (nSPS) is 17.4. The van der Waals surface area contributed by atoms with Crippen LogP contribution in [0.1, 0.15) is 29.2 Å². The molecule has 0 spiro atoms. The first kappa shape index (κ1) is 25.1. The first-order valence-corrected chi connectivity index (χ1v) is 11.0. The van der Waals surface area contributed by atoms with E-state index >= 15 is 0 Å². The van der Waals surface area contributed by atoms with Crippen LogP contribution in [0.2, 0.25) is 0 Å². The summed E-state index contributed by atoms with van der Waals surface area (Å²) in [6.07, 6.45) is 0.663. The largest absolute Gasteiger partial charge is 0.507 e. The molecule has 1 N–H and O–H groups in total. The van der Waals surface area contributed by atoms with Gasteiger partial charge in [0.2, 0.25) is 0 Å². The minimum absolute atomic E-state index is 0.0339. The summed E-state index contributed by atoms with van der Waals surface area (Å²) in [5, 5.41) is 11.3. The lowest BCUT2D eigenvalue weighted by Gasteiger charge is -2.27. The quantitative estimate of drug-likeness (QED) is 0.343.